The van der Waals surface area contributed by atoms with Crippen molar-refractivity contribution in [1.82, 2.24) is 4.57 Å². The summed E-state index contributed by atoms with van der Waals surface area (Å²) in [4.78, 5) is 14.6. The van der Waals surface area contributed by atoms with Gasteiger partial charge in [0.25, 0.3) is 0 Å². The Morgan fingerprint density at radius 3 is 2.39 bits per heavy atom. The number of ether oxygens (including phenoxy) is 1. The highest BCUT2D eigenvalue weighted by molar-refractivity contribution is 6.37. The Morgan fingerprint density at radius 1 is 1.16 bits per heavy atom. The summed E-state index contributed by atoms with van der Waals surface area (Å²) in [5.74, 6) is -1.05. The number of aliphatic carboxylic acids is 1. The number of anilines is 1. The first-order chi connectivity index (χ1) is 14.5. The molecule has 1 N–H and O–H groups in total. The molecule has 0 amide bonds. The number of carbonyl (C=O) groups is 1. The predicted octanol–water partition coefficient (Wildman–Crippen LogP) is 5.97. The van der Waals surface area contributed by atoms with Crippen molar-refractivity contribution in [3.8, 4) is 11.1 Å². The van der Waals surface area contributed by atoms with Gasteiger partial charge in [0.2, 0.25) is 0 Å². The van der Waals surface area contributed by atoms with Gasteiger partial charge in [-0.15, -0.1) is 0 Å². The van der Waals surface area contributed by atoms with Gasteiger partial charge in [-0.05, 0) is 51.8 Å². The number of carboxylic acid groups (broad SMARTS) is 1. The molecule has 0 fully saturated rings. The molecule has 1 aromatic heterocycles. The van der Waals surface area contributed by atoms with Gasteiger partial charge >= 0.3 is 5.97 Å². The van der Waals surface area contributed by atoms with Gasteiger partial charge in [0.1, 0.15) is 0 Å². The minimum Gasteiger partial charge on any atom is -0.479 e. The third-order valence-electron chi connectivity index (χ3n) is 5.85. The number of hydrogen-bond donors (Lipinski definition) is 1. The van der Waals surface area contributed by atoms with Crippen LogP contribution in [0.15, 0.2) is 30.3 Å². The third kappa shape index (κ3) is 3.70. The van der Waals surface area contributed by atoms with Crippen LogP contribution in [-0.2, 0) is 16.1 Å². The molecule has 31 heavy (non-hydrogen) atoms. The zero-order chi connectivity index (χ0) is 22.7. The molecule has 3 aromatic rings. The first kappa shape index (κ1) is 21.7. The predicted molar refractivity (Wildman–Crippen MR) is 126 cm³/mol. The number of halogens is 1. The van der Waals surface area contributed by atoms with Crippen molar-refractivity contribution in [2.75, 3.05) is 18.5 Å². The van der Waals surface area contributed by atoms with E-state index in [1.807, 2.05) is 59.0 Å². The van der Waals surface area contributed by atoms with Gasteiger partial charge in [-0.2, -0.15) is 0 Å². The van der Waals surface area contributed by atoms with Crippen molar-refractivity contribution in [2.45, 2.75) is 52.9 Å². The maximum absolute atomic E-state index is 12.5. The Balaban J connectivity index is 2.16. The highest BCUT2D eigenvalue weighted by Gasteiger charge is 2.36. The summed E-state index contributed by atoms with van der Waals surface area (Å²) in [7, 11) is 2.00. The van der Waals surface area contributed by atoms with Crippen LogP contribution in [0.25, 0.3) is 22.0 Å². The molecule has 6 heteroatoms. The Hall–Kier alpha value is -2.50. The Morgan fingerprint density at radius 2 is 1.81 bits per heavy atom. The van der Waals surface area contributed by atoms with E-state index in [9.17, 15) is 9.90 Å². The number of benzene rings is 2. The summed E-state index contributed by atoms with van der Waals surface area (Å²) in [5.41, 5.74) is 5.81. The van der Waals surface area contributed by atoms with Crippen molar-refractivity contribution >= 4 is 34.2 Å². The van der Waals surface area contributed by atoms with E-state index in [2.05, 4.69) is 22.5 Å². The number of likely N-dealkylation sites (N-methyl/N-ethyl adjacent to an activating group) is 1. The van der Waals surface area contributed by atoms with Crippen molar-refractivity contribution < 1.29 is 14.6 Å². The zero-order valence-corrected chi connectivity index (χ0v) is 19.7. The molecule has 5 nitrogen and oxygen atoms in total. The standard InChI is InChI=1S/C25H29ClN2O3/c1-14-7-9-16(10-8-14)18-17-13-15(2)28-12-11-27(6)22(21(17)28)20(26)19(18)23(24(29)30)31-25(3,4)5/h7-10,13,23H,11-12H2,1-6H3,(H,29,30)/t23-/m0/s1. The number of aromatic nitrogens is 1. The molecule has 0 bridgehead atoms. The van der Waals surface area contributed by atoms with E-state index in [4.69, 9.17) is 16.3 Å². The fourth-order valence-corrected chi connectivity index (χ4v) is 4.90. The lowest BCUT2D eigenvalue weighted by molar-refractivity contribution is -0.160. The van der Waals surface area contributed by atoms with Crippen LogP contribution in [0.4, 0.5) is 5.69 Å². The van der Waals surface area contributed by atoms with Gasteiger partial charge in [0.15, 0.2) is 6.10 Å². The second-order valence-electron chi connectivity index (χ2n) is 9.39. The van der Waals surface area contributed by atoms with Crippen molar-refractivity contribution in [2.24, 2.45) is 0 Å². The van der Waals surface area contributed by atoms with Gasteiger partial charge in [-0.25, -0.2) is 4.79 Å². The van der Waals surface area contributed by atoms with Gasteiger partial charge < -0.3 is 19.3 Å². The quantitative estimate of drug-likeness (QED) is 0.543. The van der Waals surface area contributed by atoms with Crippen LogP contribution >= 0.6 is 11.6 Å². The molecule has 0 unspecified atom stereocenters. The molecule has 1 aliphatic heterocycles. The molecule has 0 aliphatic carbocycles. The SMILES string of the molecule is Cc1ccc(-c2c([C@H](OC(C)(C)C)C(=O)O)c(Cl)c3c4c2cc(C)n4CCN3C)cc1. The summed E-state index contributed by atoms with van der Waals surface area (Å²) in [6, 6.07) is 10.3. The molecule has 1 aliphatic rings. The number of rotatable bonds is 4. The van der Waals surface area contributed by atoms with Crippen LogP contribution in [-0.4, -0.2) is 34.8 Å². The van der Waals surface area contributed by atoms with E-state index in [-0.39, 0.29) is 0 Å². The first-order valence-electron chi connectivity index (χ1n) is 10.5. The molecule has 0 saturated carbocycles. The van der Waals surface area contributed by atoms with Gasteiger partial charge in [0, 0.05) is 36.8 Å². The zero-order valence-electron chi connectivity index (χ0n) is 18.9. The third-order valence-corrected chi connectivity index (χ3v) is 6.23. The molecule has 0 saturated heterocycles. The normalized spacial score (nSPS) is 14.9. The van der Waals surface area contributed by atoms with Crippen molar-refractivity contribution in [1.29, 1.82) is 0 Å². The smallest absolute Gasteiger partial charge is 0.337 e. The number of carboxylic acids is 1. The Bertz CT molecular complexity index is 1170. The average molecular weight is 441 g/mol. The second kappa shape index (κ2) is 7.57. The molecule has 1 atom stereocenters. The van der Waals surface area contributed by atoms with E-state index >= 15 is 0 Å². The average Bonchev–Trinajstić information content (AvgIpc) is 3.00. The van der Waals surface area contributed by atoms with E-state index < -0.39 is 17.7 Å². The molecular formula is C25H29ClN2O3. The monoisotopic (exact) mass is 440 g/mol. The van der Waals surface area contributed by atoms with E-state index in [1.54, 1.807) is 0 Å². The topological polar surface area (TPSA) is 54.7 Å². The van der Waals surface area contributed by atoms with E-state index in [0.717, 1.165) is 52.1 Å². The first-order valence-corrected chi connectivity index (χ1v) is 10.9. The number of nitrogens with zero attached hydrogens (tertiary/aromatic N) is 2. The summed E-state index contributed by atoms with van der Waals surface area (Å²) < 4.78 is 8.36. The van der Waals surface area contributed by atoms with E-state index in [0.29, 0.717) is 10.6 Å². The molecule has 2 heterocycles. The van der Waals surface area contributed by atoms with Gasteiger partial charge in [-0.3, -0.25) is 0 Å². The van der Waals surface area contributed by atoms with Gasteiger partial charge in [0.05, 0.1) is 21.8 Å². The fourth-order valence-electron chi connectivity index (χ4n) is 4.47. The number of aryl methyl sites for hydroxylation is 2. The molecule has 2 aromatic carbocycles. The second-order valence-corrected chi connectivity index (χ2v) is 9.76. The summed E-state index contributed by atoms with van der Waals surface area (Å²) in [6.07, 6.45) is -1.19. The van der Waals surface area contributed by atoms with Crippen LogP contribution in [0.1, 0.15) is 43.7 Å². The maximum atomic E-state index is 12.5. The maximum Gasteiger partial charge on any atom is 0.337 e. The Labute approximate surface area is 188 Å². The molecule has 164 valence electrons. The minimum atomic E-state index is -1.19. The van der Waals surface area contributed by atoms with Crippen LogP contribution in [0.3, 0.4) is 0 Å². The van der Waals surface area contributed by atoms with Gasteiger partial charge in [-0.1, -0.05) is 41.4 Å². The van der Waals surface area contributed by atoms with Crippen LogP contribution < -0.4 is 4.90 Å². The number of hydrogen-bond acceptors (Lipinski definition) is 3. The summed E-state index contributed by atoms with van der Waals surface area (Å²) in [6.45, 7) is 11.4. The summed E-state index contributed by atoms with van der Waals surface area (Å²) >= 11 is 7.05. The Kier molecular flexibility index (Phi) is 5.31. The van der Waals surface area contributed by atoms with E-state index in [1.165, 1.54) is 0 Å². The van der Waals surface area contributed by atoms with Crippen molar-refractivity contribution in [3.63, 3.8) is 0 Å². The highest BCUT2D eigenvalue weighted by Crippen LogP contribution is 2.50. The van der Waals surface area contributed by atoms with Crippen LogP contribution in [0, 0.1) is 13.8 Å². The lowest BCUT2D eigenvalue weighted by Crippen LogP contribution is -2.30. The fraction of sp³-hybridized carbons (Fsp3) is 0.400. The highest BCUT2D eigenvalue weighted by atomic mass is 35.5. The van der Waals surface area contributed by atoms with Crippen LogP contribution in [0.2, 0.25) is 5.02 Å². The minimum absolute atomic E-state index is 0.446. The van der Waals surface area contributed by atoms with Crippen molar-refractivity contribution in [3.05, 3.63) is 52.2 Å². The molecule has 0 radical (unpaired) electrons. The lowest BCUT2D eigenvalue weighted by atomic mass is 9.90. The van der Waals surface area contributed by atoms with Crippen LogP contribution in [0.5, 0.6) is 0 Å². The molecule has 4 rings (SSSR count). The molecular weight excluding hydrogens is 412 g/mol. The molecule has 0 spiro atoms. The summed E-state index contributed by atoms with van der Waals surface area (Å²) in [5, 5.41) is 11.7. The largest absolute Gasteiger partial charge is 0.479 e. The lowest BCUT2D eigenvalue weighted by Gasteiger charge is -2.33.